The Hall–Kier alpha value is -0.370. The van der Waals surface area contributed by atoms with Gasteiger partial charge in [-0.15, -0.1) is 0 Å². The molecular weight excluding hydrogens is 164 g/mol. The van der Waals surface area contributed by atoms with Gasteiger partial charge in [-0.25, -0.2) is 0 Å². The van der Waals surface area contributed by atoms with Gasteiger partial charge in [0.15, 0.2) is 0 Å². The van der Waals surface area contributed by atoms with Gasteiger partial charge in [0.2, 0.25) is 0 Å². The van der Waals surface area contributed by atoms with Gasteiger partial charge >= 0.3 is 0 Å². The first-order valence-electron chi connectivity index (χ1n) is 5.48. The third-order valence-corrected chi connectivity index (χ3v) is 3.44. The molecule has 1 saturated heterocycles. The maximum absolute atomic E-state index is 10.7. The normalized spacial score (nSPS) is 33.1. The lowest BCUT2D eigenvalue weighted by atomic mass is 9.79. The number of carbonyl (C=O) groups excluding carboxylic acids is 1. The minimum atomic E-state index is -0.105. The summed E-state index contributed by atoms with van der Waals surface area (Å²) in [6.07, 6.45) is 10.4. The van der Waals surface area contributed by atoms with Gasteiger partial charge in [-0.1, -0.05) is 19.3 Å². The Labute approximate surface area is 79.7 Å². The van der Waals surface area contributed by atoms with Crippen LogP contribution < -0.4 is 0 Å². The molecule has 0 radical (unpaired) electrons. The summed E-state index contributed by atoms with van der Waals surface area (Å²) in [6, 6.07) is 0. The van der Waals surface area contributed by atoms with E-state index in [9.17, 15) is 4.79 Å². The van der Waals surface area contributed by atoms with Gasteiger partial charge in [-0.3, -0.25) is 0 Å². The van der Waals surface area contributed by atoms with Gasteiger partial charge < -0.3 is 9.53 Å². The fourth-order valence-electron chi connectivity index (χ4n) is 2.72. The summed E-state index contributed by atoms with van der Waals surface area (Å²) in [4.78, 5) is 10.7. The number of ether oxygens (including phenoxy) is 1. The van der Waals surface area contributed by atoms with E-state index < -0.39 is 0 Å². The third kappa shape index (κ3) is 1.93. The molecule has 1 unspecified atom stereocenters. The predicted octanol–water partition coefficient (Wildman–Crippen LogP) is 2.46. The number of hydrogen-bond acceptors (Lipinski definition) is 2. The molecule has 2 rings (SSSR count). The number of aldehydes is 1. The molecule has 1 aliphatic heterocycles. The monoisotopic (exact) mass is 182 g/mol. The van der Waals surface area contributed by atoms with Crippen molar-refractivity contribution in [1.29, 1.82) is 0 Å². The SMILES string of the molecule is O=CC1CCCC2(CCCCC2)O1. The molecule has 0 N–H and O–H groups in total. The van der Waals surface area contributed by atoms with Gasteiger partial charge in [-0.05, 0) is 32.1 Å². The van der Waals surface area contributed by atoms with Crippen LogP contribution in [-0.4, -0.2) is 18.0 Å². The lowest BCUT2D eigenvalue weighted by Crippen LogP contribution is -2.42. The molecular formula is C11H18O2. The Morgan fingerprint density at radius 1 is 1.08 bits per heavy atom. The van der Waals surface area contributed by atoms with E-state index in [1.165, 1.54) is 44.9 Å². The molecule has 1 heterocycles. The molecule has 2 heteroatoms. The van der Waals surface area contributed by atoms with Crippen molar-refractivity contribution < 1.29 is 9.53 Å². The van der Waals surface area contributed by atoms with Crippen LogP contribution in [0.4, 0.5) is 0 Å². The van der Waals surface area contributed by atoms with Crippen LogP contribution in [0.2, 0.25) is 0 Å². The lowest BCUT2D eigenvalue weighted by molar-refractivity contribution is -0.155. The highest BCUT2D eigenvalue weighted by atomic mass is 16.5. The van der Waals surface area contributed by atoms with E-state index in [1.54, 1.807) is 0 Å². The van der Waals surface area contributed by atoms with Crippen LogP contribution in [0.15, 0.2) is 0 Å². The van der Waals surface area contributed by atoms with Crippen molar-refractivity contribution >= 4 is 6.29 Å². The highest BCUT2D eigenvalue weighted by Gasteiger charge is 2.37. The zero-order valence-electron chi connectivity index (χ0n) is 8.13. The second-order valence-corrected chi connectivity index (χ2v) is 4.43. The van der Waals surface area contributed by atoms with Crippen molar-refractivity contribution in [2.24, 2.45) is 0 Å². The van der Waals surface area contributed by atoms with Crippen LogP contribution in [0.5, 0.6) is 0 Å². The van der Waals surface area contributed by atoms with Crippen LogP contribution >= 0.6 is 0 Å². The number of rotatable bonds is 1. The van der Waals surface area contributed by atoms with Crippen LogP contribution in [0.25, 0.3) is 0 Å². The van der Waals surface area contributed by atoms with Gasteiger partial charge in [0.25, 0.3) is 0 Å². The maximum atomic E-state index is 10.7. The first kappa shape index (κ1) is 9.20. The van der Waals surface area contributed by atoms with Crippen molar-refractivity contribution in [2.45, 2.75) is 63.1 Å². The average Bonchev–Trinajstić information content (AvgIpc) is 2.19. The molecule has 0 aromatic carbocycles. The van der Waals surface area contributed by atoms with E-state index in [0.29, 0.717) is 0 Å². The molecule has 13 heavy (non-hydrogen) atoms. The minimum Gasteiger partial charge on any atom is -0.364 e. The van der Waals surface area contributed by atoms with Crippen molar-refractivity contribution in [3.05, 3.63) is 0 Å². The molecule has 2 aliphatic rings. The maximum Gasteiger partial charge on any atom is 0.148 e. The highest BCUT2D eigenvalue weighted by molar-refractivity contribution is 5.56. The van der Waals surface area contributed by atoms with Crippen LogP contribution in [0, 0.1) is 0 Å². The minimum absolute atomic E-state index is 0.0993. The summed E-state index contributed by atoms with van der Waals surface area (Å²) in [7, 11) is 0. The Morgan fingerprint density at radius 2 is 1.77 bits per heavy atom. The molecule has 2 fully saturated rings. The summed E-state index contributed by atoms with van der Waals surface area (Å²) < 4.78 is 5.90. The molecule has 1 aliphatic carbocycles. The van der Waals surface area contributed by atoms with Crippen LogP contribution in [-0.2, 0) is 9.53 Å². The smallest absolute Gasteiger partial charge is 0.148 e. The fraction of sp³-hybridized carbons (Fsp3) is 0.909. The van der Waals surface area contributed by atoms with Gasteiger partial charge in [-0.2, -0.15) is 0 Å². The molecule has 0 aromatic rings. The zero-order chi connectivity index (χ0) is 9.15. The highest BCUT2D eigenvalue weighted by Crippen LogP contribution is 2.39. The van der Waals surface area contributed by atoms with E-state index in [4.69, 9.17) is 4.74 Å². The van der Waals surface area contributed by atoms with Crippen molar-refractivity contribution in [3.63, 3.8) is 0 Å². The fourth-order valence-corrected chi connectivity index (χ4v) is 2.72. The first-order valence-corrected chi connectivity index (χ1v) is 5.48. The predicted molar refractivity (Wildman–Crippen MR) is 50.6 cm³/mol. The van der Waals surface area contributed by atoms with Crippen molar-refractivity contribution in [1.82, 2.24) is 0 Å². The quantitative estimate of drug-likeness (QED) is 0.582. The molecule has 0 aromatic heterocycles. The Balaban J connectivity index is 1.99. The molecule has 1 spiro atoms. The Morgan fingerprint density at radius 3 is 2.46 bits per heavy atom. The van der Waals surface area contributed by atoms with E-state index in [1.807, 2.05) is 0 Å². The number of carbonyl (C=O) groups is 1. The second-order valence-electron chi connectivity index (χ2n) is 4.43. The topological polar surface area (TPSA) is 26.3 Å². The van der Waals surface area contributed by atoms with Crippen LogP contribution in [0.1, 0.15) is 51.4 Å². The van der Waals surface area contributed by atoms with Gasteiger partial charge in [0, 0.05) is 0 Å². The van der Waals surface area contributed by atoms with Gasteiger partial charge in [0.1, 0.15) is 12.4 Å². The lowest BCUT2D eigenvalue weighted by Gasteiger charge is -2.42. The zero-order valence-corrected chi connectivity index (χ0v) is 8.13. The van der Waals surface area contributed by atoms with Crippen molar-refractivity contribution in [3.8, 4) is 0 Å². The molecule has 74 valence electrons. The third-order valence-electron chi connectivity index (χ3n) is 3.44. The average molecular weight is 182 g/mol. The molecule has 2 nitrogen and oxygen atoms in total. The largest absolute Gasteiger partial charge is 0.364 e. The first-order chi connectivity index (χ1) is 6.35. The van der Waals surface area contributed by atoms with Crippen molar-refractivity contribution in [2.75, 3.05) is 0 Å². The standard InChI is InChI=1S/C11H18O2/c12-9-10-5-4-8-11(13-10)6-2-1-3-7-11/h9-10H,1-8H2. The van der Waals surface area contributed by atoms with E-state index in [0.717, 1.165) is 12.7 Å². The molecule has 1 atom stereocenters. The van der Waals surface area contributed by atoms with E-state index >= 15 is 0 Å². The van der Waals surface area contributed by atoms with E-state index in [-0.39, 0.29) is 11.7 Å². The Kier molecular flexibility index (Phi) is 2.68. The Bertz CT molecular complexity index is 177. The number of hydrogen-bond donors (Lipinski definition) is 0. The van der Waals surface area contributed by atoms with E-state index in [2.05, 4.69) is 0 Å². The van der Waals surface area contributed by atoms with Crippen LogP contribution in [0.3, 0.4) is 0 Å². The second kappa shape index (κ2) is 3.79. The summed E-state index contributed by atoms with van der Waals surface area (Å²) in [6.45, 7) is 0. The van der Waals surface area contributed by atoms with Gasteiger partial charge in [0.05, 0.1) is 5.60 Å². The summed E-state index contributed by atoms with van der Waals surface area (Å²) >= 11 is 0. The molecule has 1 saturated carbocycles. The summed E-state index contributed by atoms with van der Waals surface area (Å²) in [5, 5.41) is 0. The summed E-state index contributed by atoms with van der Waals surface area (Å²) in [5.74, 6) is 0. The molecule has 0 amide bonds. The molecule has 0 bridgehead atoms. The summed E-state index contributed by atoms with van der Waals surface area (Å²) in [5.41, 5.74) is 0.0993.